The first-order chi connectivity index (χ1) is 29.7. The summed E-state index contributed by atoms with van der Waals surface area (Å²) in [6.45, 7) is 2.01. The molecular formula is C58H44N2. The van der Waals surface area contributed by atoms with Crippen molar-refractivity contribution >= 4 is 65.8 Å². The quantitative estimate of drug-likeness (QED) is 0.161. The van der Waals surface area contributed by atoms with Gasteiger partial charge < -0.3 is 9.80 Å². The van der Waals surface area contributed by atoms with Gasteiger partial charge >= 0.3 is 0 Å². The fraction of sp³-hybridized carbons (Fsp3) is 0.103. The highest BCUT2D eigenvalue weighted by atomic mass is 15.1. The van der Waals surface area contributed by atoms with Crippen LogP contribution in [0.5, 0.6) is 0 Å². The molecule has 0 unspecified atom stereocenters. The van der Waals surface area contributed by atoms with Gasteiger partial charge in [-0.05, 0) is 162 Å². The number of rotatable bonds is 5. The Morgan fingerprint density at radius 2 is 0.733 bits per heavy atom. The molecule has 0 atom stereocenters. The van der Waals surface area contributed by atoms with E-state index in [0.717, 1.165) is 38.8 Å². The van der Waals surface area contributed by atoms with Crippen molar-refractivity contribution < 1.29 is 0 Å². The third kappa shape index (κ3) is 5.86. The molecule has 0 radical (unpaired) electrons. The molecule has 0 bridgehead atoms. The Kier molecular flexibility index (Phi) is 8.30. The lowest BCUT2D eigenvalue weighted by Gasteiger charge is -2.32. The minimum absolute atomic E-state index is 1.00. The topological polar surface area (TPSA) is 6.48 Å². The van der Waals surface area contributed by atoms with E-state index in [2.05, 4.69) is 204 Å². The predicted molar refractivity (Wildman–Crippen MR) is 256 cm³/mol. The summed E-state index contributed by atoms with van der Waals surface area (Å²) in [4.78, 5) is 5.09. The maximum absolute atomic E-state index is 2.54. The van der Waals surface area contributed by atoms with Crippen molar-refractivity contribution in [2.24, 2.45) is 0 Å². The molecule has 0 spiro atoms. The van der Waals surface area contributed by atoms with Gasteiger partial charge in [-0.15, -0.1) is 0 Å². The highest BCUT2D eigenvalue weighted by molar-refractivity contribution is 6.23. The Morgan fingerprint density at radius 1 is 0.300 bits per heavy atom. The molecular weight excluding hydrogens is 725 g/mol. The third-order valence-electron chi connectivity index (χ3n) is 13.2. The standard InChI is InChI=1S/C58H44N2/c1-3-15-45-35-47(27-23-39(45)11-1)41-21-25-44(26-22-41)57-51-31-29-50(60-34-10-18-43-14-6-8-20-56(43)60)38-54(51)58(48-28-24-40-12-2-4-16-46(40)36-48)52-32-30-49(37-53(52)57)59-33-9-17-42-13-5-7-19-55(42)59/h1-8,11-16,19-32,35-38H,9-10,17-18,33-34H2. The van der Waals surface area contributed by atoms with E-state index >= 15 is 0 Å². The van der Waals surface area contributed by atoms with Crippen molar-refractivity contribution in [2.45, 2.75) is 25.7 Å². The van der Waals surface area contributed by atoms with E-state index in [4.69, 9.17) is 0 Å². The molecule has 2 heteroatoms. The van der Waals surface area contributed by atoms with E-state index in [0.29, 0.717) is 0 Å². The molecule has 0 fully saturated rings. The van der Waals surface area contributed by atoms with Crippen LogP contribution in [0.3, 0.4) is 0 Å². The third-order valence-corrected chi connectivity index (χ3v) is 13.2. The molecule has 0 saturated carbocycles. The highest BCUT2D eigenvalue weighted by Crippen LogP contribution is 2.48. The SMILES string of the molecule is c1ccc2c(c1)CCCN2c1ccc2c(-c3ccc4ccccc4c3)c3cc(N4CCCc5ccccc54)ccc3c(-c3ccc(-c4ccc5ccccc5c4)cc3)c2c1. The Morgan fingerprint density at radius 3 is 1.30 bits per heavy atom. The molecule has 10 aromatic carbocycles. The maximum Gasteiger partial charge on any atom is 0.0443 e. The molecule has 0 amide bonds. The Bertz CT molecular complexity index is 3290. The Balaban J connectivity index is 1.12. The van der Waals surface area contributed by atoms with Gasteiger partial charge in [0.15, 0.2) is 0 Å². The summed E-state index contributed by atoms with van der Waals surface area (Å²) >= 11 is 0. The fourth-order valence-corrected chi connectivity index (χ4v) is 10.3. The summed E-state index contributed by atoms with van der Waals surface area (Å²) in [5.41, 5.74) is 15.5. The lowest BCUT2D eigenvalue weighted by Crippen LogP contribution is -2.24. The van der Waals surface area contributed by atoms with Gasteiger partial charge in [-0.1, -0.05) is 146 Å². The molecule has 286 valence electrons. The Hall–Kier alpha value is -7.16. The van der Waals surface area contributed by atoms with Gasteiger partial charge in [-0.2, -0.15) is 0 Å². The summed E-state index contributed by atoms with van der Waals surface area (Å²) in [6.07, 6.45) is 4.52. The molecule has 0 N–H and O–H groups in total. The van der Waals surface area contributed by atoms with Gasteiger partial charge in [0.25, 0.3) is 0 Å². The number of anilines is 4. The molecule has 0 aromatic heterocycles. The molecule has 60 heavy (non-hydrogen) atoms. The number of hydrogen-bond donors (Lipinski definition) is 0. The summed E-state index contributed by atoms with van der Waals surface area (Å²) in [6, 6.07) is 73.1. The first-order valence-corrected chi connectivity index (χ1v) is 21.6. The second-order valence-corrected chi connectivity index (χ2v) is 16.7. The van der Waals surface area contributed by atoms with Crippen molar-refractivity contribution in [1.82, 2.24) is 0 Å². The van der Waals surface area contributed by atoms with Crippen LogP contribution in [0.1, 0.15) is 24.0 Å². The van der Waals surface area contributed by atoms with E-state index in [9.17, 15) is 0 Å². The van der Waals surface area contributed by atoms with Crippen molar-refractivity contribution in [3.05, 3.63) is 205 Å². The average molecular weight is 769 g/mol. The summed E-state index contributed by atoms with van der Waals surface area (Å²) in [7, 11) is 0. The van der Waals surface area contributed by atoms with E-state index in [1.807, 2.05) is 0 Å². The lowest BCUT2D eigenvalue weighted by molar-refractivity contribution is 0.767. The largest absolute Gasteiger partial charge is 0.341 e. The minimum atomic E-state index is 1.00. The molecule has 10 aromatic rings. The minimum Gasteiger partial charge on any atom is -0.341 e. The van der Waals surface area contributed by atoms with Crippen LogP contribution in [0.4, 0.5) is 22.7 Å². The molecule has 2 nitrogen and oxygen atoms in total. The molecule has 2 aliphatic rings. The molecule has 12 rings (SSSR count). The zero-order valence-corrected chi connectivity index (χ0v) is 33.6. The summed E-state index contributed by atoms with van der Waals surface area (Å²) < 4.78 is 0. The average Bonchev–Trinajstić information content (AvgIpc) is 3.32. The monoisotopic (exact) mass is 768 g/mol. The number of fused-ring (bicyclic) bond motifs is 6. The maximum atomic E-state index is 2.54. The molecule has 0 aliphatic carbocycles. The van der Waals surface area contributed by atoms with Crippen LogP contribution in [0, 0.1) is 0 Å². The first-order valence-electron chi connectivity index (χ1n) is 21.6. The number of benzene rings is 10. The zero-order valence-electron chi connectivity index (χ0n) is 33.6. The van der Waals surface area contributed by atoms with Gasteiger partial charge in [0.05, 0.1) is 0 Å². The van der Waals surface area contributed by atoms with Gasteiger partial charge in [0.2, 0.25) is 0 Å². The smallest absolute Gasteiger partial charge is 0.0443 e. The number of aryl methyl sites for hydroxylation is 2. The lowest BCUT2D eigenvalue weighted by atomic mass is 9.84. The fourth-order valence-electron chi connectivity index (χ4n) is 10.3. The first kappa shape index (κ1) is 34.8. The second-order valence-electron chi connectivity index (χ2n) is 16.7. The normalized spacial score (nSPS) is 13.9. The van der Waals surface area contributed by atoms with Gasteiger partial charge in [0.1, 0.15) is 0 Å². The second kappa shape index (κ2) is 14.3. The van der Waals surface area contributed by atoms with E-state index in [1.54, 1.807) is 0 Å². The zero-order chi connectivity index (χ0) is 39.6. The van der Waals surface area contributed by atoms with E-state index < -0.39 is 0 Å². The van der Waals surface area contributed by atoms with Crippen LogP contribution < -0.4 is 9.80 Å². The van der Waals surface area contributed by atoms with Crippen molar-refractivity contribution in [2.75, 3.05) is 22.9 Å². The molecule has 2 aliphatic heterocycles. The number of hydrogen-bond acceptors (Lipinski definition) is 2. The van der Waals surface area contributed by atoms with Gasteiger partial charge in [-0.3, -0.25) is 0 Å². The van der Waals surface area contributed by atoms with Crippen molar-refractivity contribution in [3.63, 3.8) is 0 Å². The van der Waals surface area contributed by atoms with Gasteiger partial charge in [-0.25, -0.2) is 0 Å². The van der Waals surface area contributed by atoms with Crippen LogP contribution in [-0.2, 0) is 12.8 Å². The van der Waals surface area contributed by atoms with Crippen LogP contribution in [0.15, 0.2) is 194 Å². The van der Waals surface area contributed by atoms with E-state index in [1.165, 1.54) is 110 Å². The number of para-hydroxylation sites is 2. The number of nitrogens with zero attached hydrogens (tertiary/aromatic N) is 2. The van der Waals surface area contributed by atoms with Crippen molar-refractivity contribution in [1.29, 1.82) is 0 Å². The van der Waals surface area contributed by atoms with Crippen molar-refractivity contribution in [3.8, 4) is 33.4 Å². The molecule has 0 saturated heterocycles. The van der Waals surface area contributed by atoms with Crippen LogP contribution in [0.25, 0.3) is 76.5 Å². The van der Waals surface area contributed by atoms with Gasteiger partial charge in [0, 0.05) is 35.8 Å². The summed E-state index contributed by atoms with van der Waals surface area (Å²) in [5.74, 6) is 0. The van der Waals surface area contributed by atoms with Crippen LogP contribution in [-0.4, -0.2) is 13.1 Å². The van der Waals surface area contributed by atoms with Crippen LogP contribution >= 0.6 is 0 Å². The molecule has 2 heterocycles. The Labute approximate surface area is 351 Å². The van der Waals surface area contributed by atoms with Crippen LogP contribution in [0.2, 0.25) is 0 Å². The van der Waals surface area contributed by atoms with E-state index in [-0.39, 0.29) is 0 Å². The predicted octanol–water partition coefficient (Wildman–Crippen LogP) is 15.5. The summed E-state index contributed by atoms with van der Waals surface area (Å²) in [5, 5.41) is 10.2. The highest BCUT2D eigenvalue weighted by Gasteiger charge is 2.24.